The fraction of sp³-hybridized carbons (Fsp3) is 0.235. The largest absolute Gasteiger partial charge is 0.497 e. The quantitative estimate of drug-likeness (QED) is 0.874. The van der Waals surface area contributed by atoms with Gasteiger partial charge >= 0.3 is 0 Å². The van der Waals surface area contributed by atoms with E-state index in [-0.39, 0.29) is 12.5 Å². The van der Waals surface area contributed by atoms with Gasteiger partial charge in [0.2, 0.25) is 0 Å². The molecule has 23 heavy (non-hydrogen) atoms. The Morgan fingerprint density at radius 3 is 2.26 bits per heavy atom. The molecule has 0 saturated heterocycles. The number of hydrogen-bond acceptors (Lipinski definition) is 4. The van der Waals surface area contributed by atoms with Gasteiger partial charge in [-0.3, -0.25) is 4.79 Å². The lowest BCUT2D eigenvalue weighted by Gasteiger charge is -2.11. The average molecular weight is 336 g/mol. The number of amides is 1. The van der Waals surface area contributed by atoms with E-state index >= 15 is 0 Å². The van der Waals surface area contributed by atoms with Crippen molar-refractivity contribution < 1.29 is 19.0 Å². The standard InChI is InChI=1S/C17H18ClNO4/c1-11-6-13(4-5-16(11)18)23-10-17(20)19-12-7-14(21-2)9-15(8-12)22-3/h4-9H,10H2,1-3H3,(H,19,20). The molecule has 0 aliphatic carbocycles. The van der Waals surface area contributed by atoms with Gasteiger partial charge in [-0.1, -0.05) is 11.6 Å². The van der Waals surface area contributed by atoms with Crippen molar-refractivity contribution in [3.8, 4) is 17.2 Å². The van der Waals surface area contributed by atoms with Gasteiger partial charge in [-0.15, -0.1) is 0 Å². The molecule has 0 spiro atoms. The summed E-state index contributed by atoms with van der Waals surface area (Å²) in [4.78, 5) is 12.0. The first-order valence-corrected chi connectivity index (χ1v) is 7.31. The number of nitrogens with one attached hydrogen (secondary N) is 1. The second kappa shape index (κ2) is 7.74. The van der Waals surface area contributed by atoms with E-state index in [4.69, 9.17) is 25.8 Å². The van der Waals surface area contributed by atoms with Crippen LogP contribution in [0.3, 0.4) is 0 Å². The highest BCUT2D eigenvalue weighted by Gasteiger charge is 2.07. The van der Waals surface area contributed by atoms with E-state index in [0.717, 1.165) is 5.56 Å². The molecule has 2 aromatic rings. The van der Waals surface area contributed by atoms with Gasteiger partial charge in [0, 0.05) is 28.9 Å². The second-order valence-corrected chi connectivity index (χ2v) is 5.26. The van der Waals surface area contributed by atoms with Crippen LogP contribution in [0, 0.1) is 6.92 Å². The Bertz CT molecular complexity index is 681. The Morgan fingerprint density at radius 2 is 1.70 bits per heavy atom. The molecule has 0 heterocycles. The van der Waals surface area contributed by atoms with Crippen molar-refractivity contribution in [2.45, 2.75) is 6.92 Å². The molecule has 2 rings (SSSR count). The number of carbonyl (C=O) groups excluding carboxylic acids is 1. The molecule has 0 bridgehead atoms. The molecule has 1 amide bonds. The first-order valence-electron chi connectivity index (χ1n) is 6.93. The molecule has 0 radical (unpaired) electrons. The van der Waals surface area contributed by atoms with Crippen LogP contribution in [0.25, 0.3) is 0 Å². The van der Waals surface area contributed by atoms with Gasteiger partial charge in [-0.2, -0.15) is 0 Å². The Hall–Kier alpha value is -2.40. The SMILES string of the molecule is COc1cc(NC(=O)COc2ccc(Cl)c(C)c2)cc(OC)c1. The number of carbonyl (C=O) groups is 1. The Balaban J connectivity index is 1.97. The number of anilines is 1. The molecule has 0 unspecified atom stereocenters. The number of ether oxygens (including phenoxy) is 3. The van der Waals surface area contributed by atoms with E-state index in [1.54, 1.807) is 50.6 Å². The number of rotatable bonds is 6. The molecular weight excluding hydrogens is 318 g/mol. The molecule has 0 fully saturated rings. The van der Waals surface area contributed by atoms with Crippen LogP contribution in [0.2, 0.25) is 5.02 Å². The van der Waals surface area contributed by atoms with Crippen molar-refractivity contribution in [1.29, 1.82) is 0 Å². The number of methoxy groups -OCH3 is 2. The molecule has 0 atom stereocenters. The van der Waals surface area contributed by atoms with Gasteiger partial charge in [0.05, 0.1) is 14.2 Å². The third-order valence-corrected chi connectivity index (χ3v) is 3.56. The molecule has 1 N–H and O–H groups in total. The van der Waals surface area contributed by atoms with Crippen LogP contribution in [0.1, 0.15) is 5.56 Å². The van der Waals surface area contributed by atoms with Gasteiger partial charge in [0.25, 0.3) is 5.91 Å². The molecule has 0 aliphatic heterocycles. The van der Waals surface area contributed by atoms with Gasteiger partial charge in [0.15, 0.2) is 6.61 Å². The lowest BCUT2D eigenvalue weighted by atomic mass is 10.2. The zero-order valence-electron chi connectivity index (χ0n) is 13.2. The van der Waals surface area contributed by atoms with E-state index in [9.17, 15) is 4.79 Å². The Morgan fingerprint density at radius 1 is 1.04 bits per heavy atom. The third kappa shape index (κ3) is 4.79. The van der Waals surface area contributed by atoms with Crippen molar-refractivity contribution in [3.63, 3.8) is 0 Å². The zero-order chi connectivity index (χ0) is 16.8. The number of halogens is 1. The normalized spacial score (nSPS) is 10.1. The van der Waals surface area contributed by atoms with Crippen LogP contribution in [0.5, 0.6) is 17.2 Å². The van der Waals surface area contributed by atoms with Crippen LogP contribution in [0.15, 0.2) is 36.4 Å². The predicted molar refractivity (Wildman–Crippen MR) is 89.9 cm³/mol. The number of aryl methyl sites for hydroxylation is 1. The molecule has 5 nitrogen and oxygen atoms in total. The molecule has 0 aromatic heterocycles. The summed E-state index contributed by atoms with van der Waals surface area (Å²) in [6.07, 6.45) is 0. The summed E-state index contributed by atoms with van der Waals surface area (Å²) in [6, 6.07) is 10.4. The molecule has 6 heteroatoms. The third-order valence-electron chi connectivity index (χ3n) is 3.13. The van der Waals surface area contributed by atoms with Gasteiger partial charge in [-0.25, -0.2) is 0 Å². The lowest BCUT2D eigenvalue weighted by Crippen LogP contribution is -2.20. The molecule has 122 valence electrons. The summed E-state index contributed by atoms with van der Waals surface area (Å²) in [7, 11) is 3.10. The van der Waals surface area contributed by atoms with Crippen molar-refractivity contribution >= 4 is 23.2 Å². The van der Waals surface area contributed by atoms with E-state index in [0.29, 0.717) is 28.0 Å². The number of benzene rings is 2. The van der Waals surface area contributed by atoms with E-state index in [2.05, 4.69) is 5.32 Å². The van der Waals surface area contributed by atoms with Crippen LogP contribution >= 0.6 is 11.6 Å². The zero-order valence-corrected chi connectivity index (χ0v) is 13.9. The molecule has 0 saturated carbocycles. The molecule has 0 aliphatic rings. The van der Waals surface area contributed by atoms with E-state index < -0.39 is 0 Å². The first kappa shape index (κ1) is 17.0. The van der Waals surface area contributed by atoms with Crippen molar-refractivity contribution in [3.05, 3.63) is 47.0 Å². The Labute approximate surface area is 140 Å². The first-order chi connectivity index (χ1) is 11.0. The fourth-order valence-electron chi connectivity index (χ4n) is 1.93. The maximum atomic E-state index is 12.0. The summed E-state index contributed by atoms with van der Waals surface area (Å²) < 4.78 is 15.8. The van der Waals surface area contributed by atoms with E-state index in [1.807, 2.05) is 6.92 Å². The van der Waals surface area contributed by atoms with Crippen LogP contribution in [0.4, 0.5) is 5.69 Å². The van der Waals surface area contributed by atoms with Crippen molar-refractivity contribution in [2.24, 2.45) is 0 Å². The minimum absolute atomic E-state index is 0.111. The minimum atomic E-state index is -0.284. The van der Waals surface area contributed by atoms with Gasteiger partial charge in [-0.05, 0) is 30.7 Å². The highest BCUT2D eigenvalue weighted by Crippen LogP contribution is 2.26. The Kier molecular flexibility index (Phi) is 5.71. The maximum absolute atomic E-state index is 12.0. The fourth-order valence-corrected chi connectivity index (χ4v) is 2.05. The highest BCUT2D eigenvalue weighted by atomic mass is 35.5. The second-order valence-electron chi connectivity index (χ2n) is 4.85. The smallest absolute Gasteiger partial charge is 0.262 e. The molecular formula is C17H18ClNO4. The summed E-state index contributed by atoms with van der Waals surface area (Å²) in [5.74, 6) is 1.49. The van der Waals surface area contributed by atoms with Gasteiger partial charge in [0.1, 0.15) is 17.2 Å². The average Bonchev–Trinajstić information content (AvgIpc) is 2.55. The predicted octanol–water partition coefficient (Wildman–Crippen LogP) is 3.68. The van der Waals surface area contributed by atoms with Gasteiger partial charge < -0.3 is 19.5 Å². The van der Waals surface area contributed by atoms with Crippen molar-refractivity contribution in [1.82, 2.24) is 0 Å². The summed E-state index contributed by atoms with van der Waals surface area (Å²) in [5.41, 5.74) is 1.46. The lowest BCUT2D eigenvalue weighted by molar-refractivity contribution is -0.118. The topological polar surface area (TPSA) is 56.8 Å². The van der Waals surface area contributed by atoms with Crippen LogP contribution < -0.4 is 19.5 Å². The molecule has 2 aromatic carbocycles. The van der Waals surface area contributed by atoms with Crippen LogP contribution in [-0.4, -0.2) is 26.7 Å². The van der Waals surface area contributed by atoms with E-state index in [1.165, 1.54) is 0 Å². The summed E-state index contributed by atoms with van der Waals surface area (Å²) in [6.45, 7) is 1.76. The highest BCUT2D eigenvalue weighted by molar-refractivity contribution is 6.31. The number of hydrogen-bond donors (Lipinski definition) is 1. The monoisotopic (exact) mass is 335 g/mol. The minimum Gasteiger partial charge on any atom is -0.497 e. The maximum Gasteiger partial charge on any atom is 0.262 e. The van der Waals surface area contributed by atoms with Crippen LogP contribution in [-0.2, 0) is 4.79 Å². The summed E-state index contributed by atoms with van der Waals surface area (Å²) in [5, 5.41) is 3.40. The van der Waals surface area contributed by atoms with Crippen molar-refractivity contribution in [2.75, 3.05) is 26.1 Å². The summed E-state index contributed by atoms with van der Waals surface area (Å²) >= 11 is 5.95.